The third-order valence-corrected chi connectivity index (χ3v) is 6.04. The zero-order valence-electron chi connectivity index (χ0n) is 16.4. The van der Waals surface area contributed by atoms with Crippen molar-refractivity contribution in [3.05, 3.63) is 59.7 Å². The number of piperidine rings is 1. The molecule has 0 bridgehead atoms. The molecule has 3 aliphatic rings. The molecular formula is C23H26N2O4. The first-order valence-corrected chi connectivity index (χ1v) is 10.4. The standard InChI is InChI=1S/C23H26N2O4/c26-23(17-8-10-24-11-9-17)25-13-21(16-4-2-1-3-5-16)29-22(14-25)18-6-7-19-20(12-18)28-15-27-19/h1-7,12,17,21-22,24H,8-11,13-15H2/t21-,22+/m0/s1. The smallest absolute Gasteiger partial charge is 0.231 e. The first-order valence-electron chi connectivity index (χ1n) is 10.4. The van der Waals surface area contributed by atoms with E-state index < -0.39 is 0 Å². The monoisotopic (exact) mass is 394 g/mol. The summed E-state index contributed by atoms with van der Waals surface area (Å²) in [4.78, 5) is 15.3. The fourth-order valence-electron chi connectivity index (χ4n) is 4.42. The highest BCUT2D eigenvalue weighted by atomic mass is 16.7. The Morgan fingerprint density at radius 1 is 0.897 bits per heavy atom. The number of nitrogens with one attached hydrogen (secondary N) is 1. The lowest BCUT2D eigenvalue weighted by Crippen LogP contribution is -2.47. The van der Waals surface area contributed by atoms with Crippen molar-refractivity contribution >= 4 is 5.91 Å². The molecule has 0 saturated carbocycles. The van der Waals surface area contributed by atoms with Crippen LogP contribution in [-0.2, 0) is 9.53 Å². The van der Waals surface area contributed by atoms with Gasteiger partial charge in [-0.3, -0.25) is 4.79 Å². The third-order valence-electron chi connectivity index (χ3n) is 6.04. The Hall–Kier alpha value is -2.57. The second kappa shape index (κ2) is 8.05. The number of benzene rings is 2. The predicted molar refractivity (Wildman–Crippen MR) is 108 cm³/mol. The van der Waals surface area contributed by atoms with E-state index in [1.807, 2.05) is 41.3 Å². The van der Waals surface area contributed by atoms with Gasteiger partial charge >= 0.3 is 0 Å². The largest absolute Gasteiger partial charge is 0.454 e. The van der Waals surface area contributed by atoms with Crippen LogP contribution >= 0.6 is 0 Å². The molecule has 2 atom stereocenters. The minimum atomic E-state index is -0.200. The first kappa shape index (κ1) is 18.5. The van der Waals surface area contributed by atoms with Crippen LogP contribution in [0.3, 0.4) is 0 Å². The lowest BCUT2D eigenvalue weighted by molar-refractivity contribution is -0.151. The Balaban J connectivity index is 1.42. The van der Waals surface area contributed by atoms with E-state index in [1.54, 1.807) is 0 Å². The van der Waals surface area contributed by atoms with Gasteiger partial charge in [-0.15, -0.1) is 0 Å². The fourth-order valence-corrected chi connectivity index (χ4v) is 4.42. The molecule has 3 heterocycles. The Morgan fingerprint density at radius 2 is 1.62 bits per heavy atom. The van der Waals surface area contributed by atoms with Crippen molar-refractivity contribution < 1.29 is 19.0 Å². The highest BCUT2D eigenvalue weighted by Crippen LogP contribution is 2.39. The minimum absolute atomic E-state index is 0.100. The zero-order chi connectivity index (χ0) is 19.6. The molecule has 0 unspecified atom stereocenters. The van der Waals surface area contributed by atoms with E-state index in [0.29, 0.717) is 13.1 Å². The molecule has 5 rings (SSSR count). The van der Waals surface area contributed by atoms with Gasteiger partial charge in [-0.2, -0.15) is 0 Å². The van der Waals surface area contributed by atoms with Crippen LogP contribution in [0.4, 0.5) is 0 Å². The van der Waals surface area contributed by atoms with Crippen molar-refractivity contribution in [1.82, 2.24) is 10.2 Å². The average molecular weight is 394 g/mol. The summed E-state index contributed by atoms with van der Waals surface area (Å²) < 4.78 is 17.5. The Labute approximate surface area is 170 Å². The summed E-state index contributed by atoms with van der Waals surface area (Å²) in [7, 11) is 0. The van der Waals surface area contributed by atoms with E-state index in [2.05, 4.69) is 17.4 Å². The number of morpholine rings is 1. The Bertz CT molecular complexity index is 866. The molecule has 6 nitrogen and oxygen atoms in total. The third kappa shape index (κ3) is 3.82. The van der Waals surface area contributed by atoms with E-state index >= 15 is 0 Å². The van der Waals surface area contributed by atoms with Crippen LogP contribution < -0.4 is 14.8 Å². The van der Waals surface area contributed by atoms with E-state index in [4.69, 9.17) is 14.2 Å². The molecule has 6 heteroatoms. The summed E-state index contributed by atoms with van der Waals surface area (Å²) in [6, 6.07) is 16.1. The van der Waals surface area contributed by atoms with Gasteiger partial charge in [-0.25, -0.2) is 0 Å². The van der Waals surface area contributed by atoms with Crippen LogP contribution in [-0.4, -0.2) is 43.8 Å². The van der Waals surface area contributed by atoms with Crippen LogP contribution in [0.2, 0.25) is 0 Å². The molecule has 2 aromatic carbocycles. The summed E-state index contributed by atoms with van der Waals surface area (Å²) in [6.07, 6.45) is 1.46. The van der Waals surface area contributed by atoms with Crippen molar-refractivity contribution in [2.45, 2.75) is 25.0 Å². The molecule has 0 radical (unpaired) electrons. The van der Waals surface area contributed by atoms with Gasteiger partial charge in [0.1, 0.15) is 12.2 Å². The van der Waals surface area contributed by atoms with Crippen LogP contribution in [0.15, 0.2) is 48.5 Å². The number of nitrogens with zero attached hydrogens (tertiary/aromatic N) is 1. The molecule has 1 amide bonds. The van der Waals surface area contributed by atoms with Gasteiger partial charge < -0.3 is 24.4 Å². The number of hydrogen-bond acceptors (Lipinski definition) is 5. The first-order chi connectivity index (χ1) is 14.3. The number of ether oxygens (including phenoxy) is 3. The van der Waals surface area contributed by atoms with Gasteiger partial charge in [-0.05, 0) is 49.2 Å². The summed E-state index contributed by atoms with van der Waals surface area (Å²) >= 11 is 0. The molecule has 2 aromatic rings. The summed E-state index contributed by atoms with van der Waals surface area (Å²) in [6.45, 7) is 3.22. The van der Waals surface area contributed by atoms with Crippen molar-refractivity contribution in [3.8, 4) is 11.5 Å². The maximum Gasteiger partial charge on any atom is 0.231 e. The number of fused-ring (bicyclic) bond motifs is 1. The summed E-state index contributed by atoms with van der Waals surface area (Å²) in [5, 5.41) is 3.34. The normalized spacial score (nSPS) is 24.5. The van der Waals surface area contributed by atoms with Gasteiger partial charge in [0.25, 0.3) is 0 Å². The zero-order valence-corrected chi connectivity index (χ0v) is 16.4. The molecule has 152 valence electrons. The van der Waals surface area contributed by atoms with Crippen molar-refractivity contribution in [1.29, 1.82) is 0 Å². The van der Waals surface area contributed by atoms with Gasteiger partial charge in [-0.1, -0.05) is 36.4 Å². The Morgan fingerprint density at radius 3 is 2.41 bits per heavy atom. The molecule has 2 fully saturated rings. The number of amides is 1. The molecular weight excluding hydrogens is 368 g/mol. The van der Waals surface area contributed by atoms with E-state index in [0.717, 1.165) is 48.6 Å². The molecule has 0 aliphatic carbocycles. The molecule has 0 aromatic heterocycles. The van der Waals surface area contributed by atoms with Gasteiger partial charge in [0.05, 0.1) is 13.1 Å². The minimum Gasteiger partial charge on any atom is -0.454 e. The van der Waals surface area contributed by atoms with Crippen LogP contribution in [0.25, 0.3) is 0 Å². The SMILES string of the molecule is O=C(C1CCNCC1)N1C[C@@H](c2ccccc2)O[C@@H](c2ccc3c(c2)OCO3)C1. The van der Waals surface area contributed by atoms with Crippen LogP contribution in [0.1, 0.15) is 36.2 Å². The maximum absolute atomic E-state index is 13.3. The molecule has 2 saturated heterocycles. The van der Waals surface area contributed by atoms with Crippen molar-refractivity contribution in [2.24, 2.45) is 5.92 Å². The lowest BCUT2D eigenvalue weighted by atomic mass is 9.94. The quantitative estimate of drug-likeness (QED) is 0.867. The number of carbonyl (C=O) groups excluding carboxylic acids is 1. The predicted octanol–water partition coefficient (Wildman–Crippen LogP) is 3.06. The lowest BCUT2D eigenvalue weighted by Gasteiger charge is -2.40. The second-order valence-electron chi connectivity index (χ2n) is 7.90. The van der Waals surface area contributed by atoms with Gasteiger partial charge in [0.2, 0.25) is 12.7 Å². The fraction of sp³-hybridized carbons (Fsp3) is 0.435. The van der Waals surface area contributed by atoms with Gasteiger partial charge in [0, 0.05) is 5.92 Å². The van der Waals surface area contributed by atoms with E-state index in [9.17, 15) is 4.79 Å². The van der Waals surface area contributed by atoms with Crippen LogP contribution in [0, 0.1) is 5.92 Å². The Kier molecular flexibility index (Phi) is 5.12. The number of rotatable bonds is 3. The van der Waals surface area contributed by atoms with E-state index in [-0.39, 0.29) is 30.8 Å². The van der Waals surface area contributed by atoms with Crippen LogP contribution in [0.5, 0.6) is 11.5 Å². The van der Waals surface area contributed by atoms with Gasteiger partial charge in [0.15, 0.2) is 11.5 Å². The molecule has 0 spiro atoms. The highest BCUT2D eigenvalue weighted by molar-refractivity contribution is 5.79. The number of hydrogen-bond donors (Lipinski definition) is 1. The topological polar surface area (TPSA) is 60.0 Å². The summed E-state index contributed by atoms with van der Waals surface area (Å²) in [5.74, 6) is 1.85. The second-order valence-corrected chi connectivity index (χ2v) is 7.90. The number of carbonyl (C=O) groups is 1. The molecule has 3 aliphatic heterocycles. The maximum atomic E-state index is 13.3. The molecule has 1 N–H and O–H groups in total. The van der Waals surface area contributed by atoms with Crippen molar-refractivity contribution in [2.75, 3.05) is 33.0 Å². The summed E-state index contributed by atoms with van der Waals surface area (Å²) in [5.41, 5.74) is 2.11. The van der Waals surface area contributed by atoms with Crippen molar-refractivity contribution in [3.63, 3.8) is 0 Å². The average Bonchev–Trinajstić information content (AvgIpc) is 3.27. The van der Waals surface area contributed by atoms with E-state index in [1.165, 1.54) is 0 Å². The highest BCUT2D eigenvalue weighted by Gasteiger charge is 2.35. The molecule has 29 heavy (non-hydrogen) atoms.